The van der Waals surface area contributed by atoms with Crippen LogP contribution in [0.2, 0.25) is 0 Å². The molecule has 2 aliphatic heterocycles. The molecular weight excluding hydrogens is 696 g/mol. The van der Waals surface area contributed by atoms with Crippen LogP contribution in [-0.4, -0.2) is 110 Å². The predicted molar refractivity (Wildman–Crippen MR) is 199 cm³/mol. The standard InChI is InChI=1S/C20H26N4O5.C15H18N4O3.ClH/c1-20(2,3)29-19(28)23-8-4-7-22(9-10-23)14-5-6-16-15(11-14)18(27)24(13-21-16)12-17(25)26;20-14(21)9-19-10-17-13-3-2-11(8-12(13)15(19)22)18-6-1-4-16-5-7-18;/h5-6,11,13H,4,7-10,12H2,1-3H3,(H,25,26);2-3,8,10,16H,1,4-7,9H2,(H,20,21);1H. The molecule has 6 rings (SSSR count). The largest absolute Gasteiger partial charge is 0.480 e. The van der Waals surface area contributed by atoms with Gasteiger partial charge in [-0.15, -0.1) is 12.4 Å². The maximum absolute atomic E-state index is 12.6. The summed E-state index contributed by atoms with van der Waals surface area (Å²) < 4.78 is 7.67. The Hall–Kier alpha value is -5.22. The molecule has 16 nitrogen and oxygen atoms in total. The Bertz CT molecular complexity index is 2020. The molecule has 0 atom stereocenters. The fraction of sp³-hybridized carbons (Fsp3) is 0.457. The molecule has 0 bridgehead atoms. The second kappa shape index (κ2) is 17.3. The Morgan fingerprint density at radius 1 is 0.731 bits per heavy atom. The Morgan fingerprint density at radius 3 is 1.77 bits per heavy atom. The fourth-order valence-corrected chi connectivity index (χ4v) is 5.99. The minimum absolute atomic E-state index is 0. The van der Waals surface area contributed by atoms with E-state index >= 15 is 0 Å². The molecular formula is C35H45ClN8O8. The summed E-state index contributed by atoms with van der Waals surface area (Å²) in [7, 11) is 0. The minimum Gasteiger partial charge on any atom is -0.480 e. The average molecular weight is 741 g/mol. The highest BCUT2D eigenvalue weighted by molar-refractivity contribution is 5.85. The van der Waals surface area contributed by atoms with Crippen molar-refractivity contribution in [2.24, 2.45) is 0 Å². The lowest BCUT2D eigenvalue weighted by Crippen LogP contribution is -2.39. The van der Waals surface area contributed by atoms with E-state index in [-0.39, 0.29) is 36.2 Å². The van der Waals surface area contributed by atoms with Crippen molar-refractivity contribution in [2.45, 2.75) is 52.3 Å². The molecule has 2 saturated heterocycles. The second-order valence-corrected chi connectivity index (χ2v) is 13.4. The minimum atomic E-state index is -1.10. The van der Waals surface area contributed by atoms with Gasteiger partial charge >= 0.3 is 18.0 Å². The number of amides is 1. The van der Waals surface area contributed by atoms with Gasteiger partial charge in [0.2, 0.25) is 0 Å². The summed E-state index contributed by atoms with van der Waals surface area (Å²) in [6.45, 7) is 10.9. The van der Waals surface area contributed by atoms with Gasteiger partial charge in [0.05, 0.1) is 34.5 Å². The highest BCUT2D eigenvalue weighted by atomic mass is 35.5. The van der Waals surface area contributed by atoms with Gasteiger partial charge in [0.15, 0.2) is 0 Å². The summed E-state index contributed by atoms with van der Waals surface area (Å²) in [5.74, 6) is -2.16. The molecule has 1 amide bonds. The number of carboxylic acid groups (broad SMARTS) is 2. The van der Waals surface area contributed by atoms with Gasteiger partial charge in [-0.25, -0.2) is 14.8 Å². The Labute approximate surface area is 306 Å². The van der Waals surface area contributed by atoms with E-state index in [9.17, 15) is 24.0 Å². The number of hydrogen-bond acceptors (Lipinski definition) is 11. The van der Waals surface area contributed by atoms with E-state index in [1.54, 1.807) is 17.0 Å². The summed E-state index contributed by atoms with van der Waals surface area (Å²) >= 11 is 0. The number of rotatable bonds is 6. The molecule has 4 aromatic rings. The van der Waals surface area contributed by atoms with E-state index in [0.29, 0.717) is 41.4 Å². The zero-order chi connectivity index (χ0) is 36.7. The van der Waals surface area contributed by atoms with Gasteiger partial charge in [0.1, 0.15) is 18.7 Å². The van der Waals surface area contributed by atoms with E-state index in [4.69, 9.17) is 14.9 Å². The third-order valence-corrected chi connectivity index (χ3v) is 8.44. The third kappa shape index (κ3) is 10.2. The van der Waals surface area contributed by atoms with Crippen molar-refractivity contribution in [3.8, 4) is 0 Å². The van der Waals surface area contributed by atoms with Gasteiger partial charge in [-0.3, -0.25) is 28.3 Å². The maximum atomic E-state index is 12.6. The maximum Gasteiger partial charge on any atom is 0.410 e. The molecule has 4 heterocycles. The predicted octanol–water partition coefficient (Wildman–Crippen LogP) is 2.63. The summed E-state index contributed by atoms with van der Waals surface area (Å²) in [4.78, 5) is 73.5. The van der Waals surface area contributed by atoms with Crippen LogP contribution in [0.5, 0.6) is 0 Å². The van der Waals surface area contributed by atoms with Crippen LogP contribution in [-0.2, 0) is 27.4 Å². The number of aliphatic carboxylic acids is 2. The lowest BCUT2D eigenvalue weighted by Gasteiger charge is -2.27. The first-order valence-corrected chi connectivity index (χ1v) is 16.9. The lowest BCUT2D eigenvalue weighted by atomic mass is 10.2. The van der Waals surface area contributed by atoms with Crippen LogP contribution >= 0.6 is 12.4 Å². The van der Waals surface area contributed by atoms with Crippen molar-refractivity contribution < 1.29 is 29.3 Å². The number of nitrogens with one attached hydrogen (secondary N) is 1. The van der Waals surface area contributed by atoms with E-state index in [0.717, 1.165) is 66.1 Å². The summed E-state index contributed by atoms with van der Waals surface area (Å²) in [6.07, 6.45) is 4.04. The molecule has 0 aliphatic carbocycles. The van der Waals surface area contributed by atoms with Gasteiger partial charge in [-0.2, -0.15) is 0 Å². The van der Waals surface area contributed by atoms with Gasteiger partial charge in [-0.05, 0) is 76.6 Å². The van der Waals surface area contributed by atoms with Crippen LogP contribution in [0.3, 0.4) is 0 Å². The van der Waals surface area contributed by atoms with Crippen LogP contribution in [0.25, 0.3) is 21.8 Å². The molecule has 0 radical (unpaired) electrons. The van der Waals surface area contributed by atoms with Crippen LogP contribution in [0.1, 0.15) is 33.6 Å². The number of fused-ring (bicyclic) bond motifs is 2. The van der Waals surface area contributed by atoms with Crippen molar-refractivity contribution in [3.05, 3.63) is 69.8 Å². The van der Waals surface area contributed by atoms with Crippen LogP contribution in [0, 0.1) is 0 Å². The number of carbonyl (C=O) groups is 3. The Morgan fingerprint density at radius 2 is 1.25 bits per heavy atom. The van der Waals surface area contributed by atoms with Crippen molar-refractivity contribution in [1.29, 1.82) is 0 Å². The highest BCUT2D eigenvalue weighted by Gasteiger charge is 2.25. The number of aromatic nitrogens is 4. The zero-order valence-electron chi connectivity index (χ0n) is 29.5. The Balaban J connectivity index is 0.000000236. The van der Waals surface area contributed by atoms with Crippen LogP contribution in [0.4, 0.5) is 16.2 Å². The molecule has 2 aliphatic rings. The van der Waals surface area contributed by atoms with Gasteiger partial charge in [0, 0.05) is 57.2 Å². The molecule has 280 valence electrons. The molecule has 0 spiro atoms. The Kier molecular flexibility index (Phi) is 13.2. The summed E-state index contributed by atoms with van der Waals surface area (Å²) in [6, 6.07) is 11.0. The summed E-state index contributed by atoms with van der Waals surface area (Å²) in [5, 5.41) is 22.0. The molecule has 17 heteroatoms. The van der Waals surface area contributed by atoms with Crippen molar-refractivity contribution in [2.75, 3.05) is 62.2 Å². The fourth-order valence-electron chi connectivity index (χ4n) is 5.99. The SMILES string of the molecule is CC(C)(C)OC(=O)N1CCCN(c2ccc3ncn(CC(=O)O)c(=O)c3c2)CC1.Cl.O=C(O)Cn1cnc2ccc(N3CCCNCC3)cc2c1=O. The van der Waals surface area contributed by atoms with Crippen molar-refractivity contribution in [3.63, 3.8) is 0 Å². The van der Waals surface area contributed by atoms with E-state index < -0.39 is 24.1 Å². The number of carboxylic acids is 2. The van der Waals surface area contributed by atoms with Crippen molar-refractivity contribution in [1.82, 2.24) is 29.3 Å². The molecule has 0 saturated carbocycles. The van der Waals surface area contributed by atoms with E-state index in [1.807, 2.05) is 45.0 Å². The topological polar surface area (TPSA) is 192 Å². The number of anilines is 2. The van der Waals surface area contributed by atoms with E-state index in [2.05, 4.69) is 25.1 Å². The van der Waals surface area contributed by atoms with Crippen molar-refractivity contribution >= 4 is 63.6 Å². The molecule has 2 aromatic carbocycles. The number of benzene rings is 2. The van der Waals surface area contributed by atoms with Crippen LogP contribution < -0.4 is 26.2 Å². The quantitative estimate of drug-likeness (QED) is 0.262. The second-order valence-electron chi connectivity index (χ2n) is 13.4. The van der Waals surface area contributed by atoms with Gasteiger partial charge in [-0.1, -0.05) is 0 Å². The van der Waals surface area contributed by atoms with E-state index in [1.165, 1.54) is 12.7 Å². The first-order chi connectivity index (χ1) is 24.3. The zero-order valence-corrected chi connectivity index (χ0v) is 30.3. The first kappa shape index (κ1) is 39.6. The molecule has 0 unspecified atom stereocenters. The summed E-state index contributed by atoms with van der Waals surface area (Å²) in [5.41, 5.74) is 1.68. The van der Waals surface area contributed by atoms with Gasteiger partial charge in [0.25, 0.3) is 11.1 Å². The smallest absolute Gasteiger partial charge is 0.410 e. The highest BCUT2D eigenvalue weighted by Crippen LogP contribution is 2.22. The molecule has 2 fully saturated rings. The van der Waals surface area contributed by atoms with Crippen LogP contribution in [0.15, 0.2) is 58.6 Å². The number of halogens is 1. The first-order valence-electron chi connectivity index (χ1n) is 16.9. The number of ether oxygens (including phenoxy) is 1. The monoisotopic (exact) mass is 740 g/mol. The molecule has 52 heavy (non-hydrogen) atoms. The number of nitrogens with zero attached hydrogens (tertiary/aromatic N) is 7. The normalized spacial score (nSPS) is 15.2. The molecule has 2 aromatic heterocycles. The number of hydrogen-bond donors (Lipinski definition) is 3. The lowest BCUT2D eigenvalue weighted by molar-refractivity contribution is -0.138. The van der Waals surface area contributed by atoms with Gasteiger partial charge < -0.3 is 35.0 Å². The third-order valence-electron chi connectivity index (χ3n) is 8.44. The molecule has 3 N–H and O–H groups in total. The number of carbonyl (C=O) groups excluding carboxylic acids is 1. The average Bonchev–Trinajstić information content (AvgIpc) is 3.51.